The molecule has 1 unspecified atom stereocenters. The van der Waals surface area contributed by atoms with E-state index < -0.39 is 36.2 Å². The maximum absolute atomic E-state index is 12.9. The van der Waals surface area contributed by atoms with Crippen molar-refractivity contribution in [3.05, 3.63) is 71.3 Å². The molecule has 0 aliphatic rings. The van der Waals surface area contributed by atoms with E-state index in [9.17, 15) is 28.8 Å². The standard InChI is InChI=1S/C42H64N6O10/c1-31(2)27-44-40(52)29-47-42(54)36(26-34-8-6-5-7-9-34)48-41(53)30-46-39(51)28-45-38(50)16-18-55-20-22-57-24-25-58-23-21-56-19-17-43-37(49)15-12-33-10-13-35(14-11-33)32(3)4/h5-11,13-14,31-32,36H,12,15-30H2,1-4H3,(H,43,49)(H,44,52)(H,45,50)(H,46,51)(H,47,54)(H,48,53). The fraction of sp³-hybridized carbons (Fsp3) is 0.571. The number of hydrogen-bond donors (Lipinski definition) is 6. The summed E-state index contributed by atoms with van der Waals surface area (Å²) in [5.41, 5.74) is 3.23. The van der Waals surface area contributed by atoms with E-state index in [1.807, 2.05) is 44.2 Å². The molecule has 16 nitrogen and oxygen atoms in total. The van der Waals surface area contributed by atoms with E-state index in [2.05, 4.69) is 70.0 Å². The zero-order chi connectivity index (χ0) is 42.4. The first-order chi connectivity index (χ1) is 27.9. The first-order valence-electron chi connectivity index (χ1n) is 20.0. The topological polar surface area (TPSA) is 212 Å². The molecule has 0 aliphatic heterocycles. The highest BCUT2D eigenvalue weighted by Gasteiger charge is 2.22. The number of aryl methyl sites for hydroxylation is 1. The largest absolute Gasteiger partial charge is 0.379 e. The number of amides is 6. The first kappa shape index (κ1) is 49.2. The maximum Gasteiger partial charge on any atom is 0.243 e. The molecule has 6 amide bonds. The second kappa shape index (κ2) is 30.2. The van der Waals surface area contributed by atoms with Crippen LogP contribution in [0, 0.1) is 5.92 Å². The number of nitrogens with one attached hydrogen (secondary N) is 6. The van der Waals surface area contributed by atoms with Crippen LogP contribution in [0.5, 0.6) is 0 Å². The summed E-state index contributed by atoms with van der Waals surface area (Å²) in [6, 6.07) is 16.5. The van der Waals surface area contributed by atoms with E-state index in [-0.39, 0.29) is 56.9 Å². The quantitative estimate of drug-likeness (QED) is 0.0599. The van der Waals surface area contributed by atoms with E-state index in [1.54, 1.807) is 0 Å². The van der Waals surface area contributed by atoms with Crippen LogP contribution in [0.25, 0.3) is 0 Å². The lowest BCUT2D eigenvalue weighted by molar-refractivity contribution is -0.131. The Kier molecular flexibility index (Phi) is 25.7. The van der Waals surface area contributed by atoms with Gasteiger partial charge in [0.15, 0.2) is 0 Å². The van der Waals surface area contributed by atoms with Crippen molar-refractivity contribution in [3.63, 3.8) is 0 Å². The van der Waals surface area contributed by atoms with Crippen LogP contribution in [0.1, 0.15) is 63.1 Å². The van der Waals surface area contributed by atoms with Gasteiger partial charge in [-0.2, -0.15) is 0 Å². The van der Waals surface area contributed by atoms with Gasteiger partial charge < -0.3 is 50.8 Å². The fourth-order valence-electron chi connectivity index (χ4n) is 5.09. The van der Waals surface area contributed by atoms with E-state index in [0.29, 0.717) is 71.5 Å². The third-order valence-electron chi connectivity index (χ3n) is 8.40. The van der Waals surface area contributed by atoms with Crippen LogP contribution in [0.15, 0.2) is 54.6 Å². The molecule has 322 valence electrons. The van der Waals surface area contributed by atoms with Gasteiger partial charge in [0.2, 0.25) is 35.4 Å². The minimum Gasteiger partial charge on any atom is -0.379 e. The Morgan fingerprint density at radius 3 is 1.67 bits per heavy atom. The molecule has 0 aliphatic carbocycles. The van der Waals surface area contributed by atoms with Crippen LogP contribution < -0.4 is 31.9 Å². The number of ether oxygens (including phenoxy) is 4. The minimum absolute atomic E-state index is 0.00464. The summed E-state index contributed by atoms with van der Waals surface area (Å²) in [5, 5.41) is 15.6. The van der Waals surface area contributed by atoms with Gasteiger partial charge in [-0.1, -0.05) is 82.3 Å². The van der Waals surface area contributed by atoms with Gasteiger partial charge in [0, 0.05) is 32.4 Å². The molecule has 2 rings (SSSR count). The summed E-state index contributed by atoms with van der Waals surface area (Å²) < 4.78 is 21.8. The lowest BCUT2D eigenvalue weighted by atomic mass is 10.0. The van der Waals surface area contributed by atoms with Crippen LogP contribution >= 0.6 is 0 Å². The fourth-order valence-corrected chi connectivity index (χ4v) is 5.09. The normalized spacial score (nSPS) is 11.5. The van der Waals surface area contributed by atoms with Gasteiger partial charge in [0.25, 0.3) is 0 Å². The second-order valence-electron chi connectivity index (χ2n) is 14.2. The minimum atomic E-state index is -0.984. The molecular formula is C42H64N6O10. The molecule has 0 radical (unpaired) electrons. The highest BCUT2D eigenvalue weighted by Crippen LogP contribution is 2.15. The van der Waals surface area contributed by atoms with Crippen molar-refractivity contribution < 1.29 is 47.7 Å². The van der Waals surface area contributed by atoms with Crippen LogP contribution in [-0.2, 0) is 60.6 Å². The van der Waals surface area contributed by atoms with Crippen molar-refractivity contribution >= 4 is 35.4 Å². The van der Waals surface area contributed by atoms with Crippen molar-refractivity contribution in [1.82, 2.24) is 31.9 Å². The molecular weight excluding hydrogens is 748 g/mol. The lowest BCUT2D eigenvalue weighted by Crippen LogP contribution is -2.52. The zero-order valence-corrected chi connectivity index (χ0v) is 34.5. The molecule has 0 saturated carbocycles. The average molecular weight is 813 g/mol. The molecule has 2 aromatic rings. The van der Waals surface area contributed by atoms with Crippen molar-refractivity contribution in [3.8, 4) is 0 Å². The zero-order valence-electron chi connectivity index (χ0n) is 34.5. The Hall–Kier alpha value is -4.90. The Morgan fingerprint density at radius 1 is 0.517 bits per heavy atom. The summed E-state index contributed by atoms with van der Waals surface area (Å²) in [4.78, 5) is 74.0. The molecule has 0 fully saturated rings. The molecule has 0 saturated heterocycles. The van der Waals surface area contributed by atoms with Gasteiger partial charge in [-0.25, -0.2) is 0 Å². The van der Waals surface area contributed by atoms with Gasteiger partial charge in [0.05, 0.1) is 72.5 Å². The predicted molar refractivity (Wildman–Crippen MR) is 219 cm³/mol. The van der Waals surface area contributed by atoms with Crippen molar-refractivity contribution in [2.24, 2.45) is 5.92 Å². The summed E-state index contributed by atoms with van der Waals surface area (Å²) in [5.74, 6) is -1.75. The molecule has 0 bridgehead atoms. The lowest BCUT2D eigenvalue weighted by Gasteiger charge is -2.19. The van der Waals surface area contributed by atoms with Gasteiger partial charge in [-0.15, -0.1) is 0 Å². The Labute approximate surface area is 342 Å². The molecule has 6 N–H and O–H groups in total. The molecule has 0 aromatic heterocycles. The van der Waals surface area contributed by atoms with Crippen molar-refractivity contribution in [2.45, 2.75) is 65.3 Å². The van der Waals surface area contributed by atoms with E-state index in [0.717, 1.165) is 11.1 Å². The Balaban J connectivity index is 1.44. The average Bonchev–Trinajstić information content (AvgIpc) is 3.21. The smallest absolute Gasteiger partial charge is 0.243 e. The molecule has 1 atom stereocenters. The number of rotatable bonds is 31. The van der Waals surface area contributed by atoms with Gasteiger partial charge >= 0.3 is 0 Å². The Morgan fingerprint density at radius 2 is 1.05 bits per heavy atom. The molecule has 0 spiro atoms. The van der Waals surface area contributed by atoms with E-state index in [4.69, 9.17) is 18.9 Å². The summed E-state index contributed by atoms with van der Waals surface area (Å²) >= 11 is 0. The second-order valence-corrected chi connectivity index (χ2v) is 14.2. The highest BCUT2D eigenvalue weighted by molar-refractivity contribution is 5.92. The third kappa shape index (κ3) is 24.7. The number of carbonyl (C=O) groups excluding carboxylic acids is 6. The highest BCUT2D eigenvalue weighted by atomic mass is 16.6. The Bertz CT molecular complexity index is 1510. The van der Waals surface area contributed by atoms with Crippen molar-refractivity contribution in [2.75, 3.05) is 85.6 Å². The summed E-state index contributed by atoms with van der Waals surface area (Å²) in [7, 11) is 0. The van der Waals surface area contributed by atoms with E-state index in [1.165, 1.54) is 5.56 Å². The molecule has 16 heteroatoms. The molecule has 0 heterocycles. The summed E-state index contributed by atoms with van der Waals surface area (Å²) in [6.07, 6.45) is 1.34. The van der Waals surface area contributed by atoms with Crippen LogP contribution in [0.2, 0.25) is 0 Å². The van der Waals surface area contributed by atoms with Gasteiger partial charge in [0.1, 0.15) is 6.04 Å². The number of hydrogen-bond acceptors (Lipinski definition) is 10. The first-order valence-corrected chi connectivity index (χ1v) is 20.0. The van der Waals surface area contributed by atoms with Crippen molar-refractivity contribution in [1.29, 1.82) is 0 Å². The monoisotopic (exact) mass is 812 g/mol. The van der Waals surface area contributed by atoms with Crippen LogP contribution in [0.4, 0.5) is 0 Å². The predicted octanol–water partition coefficient (Wildman–Crippen LogP) is 1.16. The third-order valence-corrected chi connectivity index (χ3v) is 8.40. The number of benzene rings is 2. The SMILES string of the molecule is CC(C)CNC(=O)CNC(=O)C(Cc1ccccc1)NC(=O)CNC(=O)CNC(=O)CCOCCOCCOCCOCCNC(=O)CCc1ccc(C(C)C)cc1. The summed E-state index contributed by atoms with van der Waals surface area (Å²) in [6.45, 7) is 10.8. The van der Waals surface area contributed by atoms with Gasteiger partial charge in [-0.05, 0) is 34.9 Å². The van der Waals surface area contributed by atoms with Gasteiger partial charge in [-0.3, -0.25) is 28.8 Å². The maximum atomic E-state index is 12.9. The number of carbonyl (C=O) groups is 6. The van der Waals surface area contributed by atoms with Crippen LogP contribution in [0.3, 0.4) is 0 Å². The molecule has 2 aromatic carbocycles. The molecule has 58 heavy (non-hydrogen) atoms. The van der Waals surface area contributed by atoms with Crippen LogP contribution in [-0.4, -0.2) is 127 Å². The van der Waals surface area contributed by atoms with E-state index >= 15 is 0 Å².